The Morgan fingerprint density at radius 3 is 2.06 bits per heavy atom. The molecule has 0 aromatic heterocycles. The maximum atomic E-state index is 12.3. The molecule has 0 amide bonds. The Kier molecular flexibility index (Phi) is 5.98. The summed E-state index contributed by atoms with van der Waals surface area (Å²) < 4.78 is 91.2. The van der Waals surface area contributed by atoms with Gasteiger partial charge < -0.3 is 12.9 Å². The minimum atomic E-state index is -5.49. The largest absolute Gasteiger partial charge is 1.00 e. The fraction of sp³-hybridized carbons (Fsp3) is 0.143. The molecule has 0 fully saturated rings. The van der Waals surface area contributed by atoms with Crippen LogP contribution in [0.2, 0.25) is 0 Å². The van der Waals surface area contributed by atoms with E-state index in [2.05, 4.69) is 0 Å². The molecule has 2 nitrogen and oxygen atoms in total. The van der Waals surface area contributed by atoms with Gasteiger partial charge in [0.05, 0.1) is 4.90 Å². The van der Waals surface area contributed by atoms with E-state index in [9.17, 15) is 30.3 Å². The van der Waals surface area contributed by atoms with Crippen LogP contribution in [-0.2, 0) is 9.73 Å². The van der Waals surface area contributed by atoms with Crippen LogP contribution in [0.5, 0.6) is 0 Å². The van der Waals surface area contributed by atoms with E-state index in [-0.39, 0.29) is 57.5 Å². The van der Waals surface area contributed by atoms with Crippen molar-refractivity contribution in [3.05, 3.63) is 24.3 Å². The van der Waals surface area contributed by atoms with Crippen molar-refractivity contribution >= 4 is 22.2 Å². The Hall–Kier alpha value is 0.451. The van der Waals surface area contributed by atoms with Crippen molar-refractivity contribution in [3.63, 3.8) is 0 Å². The second-order valence-electron chi connectivity index (χ2n) is 3.15. The molecule has 1 aromatic rings. The van der Waals surface area contributed by atoms with Crippen LogP contribution in [0.3, 0.4) is 0 Å². The van der Waals surface area contributed by atoms with Gasteiger partial charge in [-0.3, -0.25) is 0 Å². The summed E-state index contributed by atoms with van der Waals surface area (Å²) in [5.41, 5.74) is -6.71. The molecular formula is C7H5BF6KNOS. The fourth-order valence-electron chi connectivity index (χ4n) is 1.03. The number of hydrogen-bond acceptors (Lipinski definition) is 2. The van der Waals surface area contributed by atoms with Gasteiger partial charge in [0.2, 0.25) is 0 Å². The van der Waals surface area contributed by atoms with Crippen LogP contribution in [0.25, 0.3) is 0 Å². The Bertz CT molecular complexity index is 525. The van der Waals surface area contributed by atoms with Gasteiger partial charge in [0.25, 0.3) is 0 Å². The zero-order valence-electron chi connectivity index (χ0n) is 8.97. The standard InChI is InChI=1S/C7H5BF6NOS.K/c9-7(10,11)17(15,16)6-3-1-2-5(4-6)8(12,13)14;/h1-4,15H;/q-1;+1. The topological polar surface area (TPSA) is 40.9 Å². The maximum Gasteiger partial charge on any atom is 1.00 e. The van der Waals surface area contributed by atoms with Crippen LogP contribution in [0.1, 0.15) is 0 Å². The number of alkyl halides is 3. The van der Waals surface area contributed by atoms with E-state index in [0.29, 0.717) is 18.2 Å². The van der Waals surface area contributed by atoms with Crippen molar-refractivity contribution in [1.29, 1.82) is 4.78 Å². The molecule has 0 aliphatic rings. The first-order valence-corrected chi connectivity index (χ1v) is 5.67. The van der Waals surface area contributed by atoms with Crippen LogP contribution in [0, 0.1) is 4.78 Å². The molecule has 1 N–H and O–H groups in total. The van der Waals surface area contributed by atoms with E-state index >= 15 is 0 Å². The molecular weight excluding hydrogens is 310 g/mol. The van der Waals surface area contributed by atoms with Gasteiger partial charge in [0.15, 0.2) is 9.73 Å². The first-order valence-electron chi connectivity index (χ1n) is 4.11. The Labute approximate surface area is 142 Å². The first kappa shape index (κ1) is 18.5. The molecule has 1 aromatic carbocycles. The number of hydrogen-bond donors (Lipinski definition) is 1. The molecule has 0 aliphatic heterocycles. The van der Waals surface area contributed by atoms with E-state index in [4.69, 9.17) is 4.78 Å². The monoisotopic (exact) mass is 315 g/mol. The predicted octanol–water partition coefficient (Wildman–Crippen LogP) is -0.330. The van der Waals surface area contributed by atoms with Gasteiger partial charge in [-0.05, 0) is 6.07 Å². The van der Waals surface area contributed by atoms with E-state index in [1.165, 1.54) is 0 Å². The van der Waals surface area contributed by atoms with E-state index in [1.807, 2.05) is 0 Å². The summed E-state index contributed by atoms with van der Waals surface area (Å²) in [4.78, 5) is -1.19. The van der Waals surface area contributed by atoms with Crippen molar-refractivity contribution in [2.24, 2.45) is 0 Å². The summed E-state index contributed by atoms with van der Waals surface area (Å²) >= 11 is 0. The average Bonchev–Trinajstić information content (AvgIpc) is 2.15. The summed E-state index contributed by atoms with van der Waals surface area (Å²) in [5.74, 6) is 0. The molecule has 1 rings (SSSR count). The molecule has 1 atom stereocenters. The van der Waals surface area contributed by atoms with E-state index in [1.54, 1.807) is 0 Å². The fourth-order valence-corrected chi connectivity index (χ4v) is 1.87. The molecule has 0 saturated carbocycles. The zero-order valence-corrected chi connectivity index (χ0v) is 12.9. The second kappa shape index (κ2) is 5.83. The van der Waals surface area contributed by atoms with Crippen LogP contribution in [0.15, 0.2) is 29.2 Å². The molecule has 0 heterocycles. The Balaban J connectivity index is 0.00000289. The minimum absolute atomic E-state index is 0. The molecule has 0 bridgehead atoms. The van der Waals surface area contributed by atoms with Gasteiger partial charge in [-0.15, -0.1) is 5.46 Å². The van der Waals surface area contributed by atoms with Crippen LogP contribution in [0.4, 0.5) is 26.1 Å². The SMILES string of the molecule is N=S(=O)(c1cccc([B-](F)(F)F)c1)C(F)(F)F.[K+]. The quantitative estimate of drug-likeness (QED) is 0.589. The number of nitrogens with one attached hydrogen (secondary N) is 1. The third-order valence-corrected chi connectivity index (χ3v) is 3.46. The molecule has 0 aliphatic carbocycles. The predicted molar refractivity (Wildman–Crippen MR) is 50.3 cm³/mol. The van der Waals surface area contributed by atoms with E-state index < -0.39 is 32.6 Å². The second-order valence-corrected chi connectivity index (χ2v) is 5.20. The van der Waals surface area contributed by atoms with Crippen LogP contribution in [-0.4, -0.2) is 16.7 Å². The minimum Gasteiger partial charge on any atom is -0.445 e. The third-order valence-electron chi connectivity index (χ3n) is 1.89. The third kappa shape index (κ3) is 3.97. The Morgan fingerprint density at radius 1 is 1.17 bits per heavy atom. The summed E-state index contributed by atoms with van der Waals surface area (Å²) in [5, 5.41) is 0. The molecule has 11 heteroatoms. The molecule has 96 valence electrons. The Morgan fingerprint density at radius 2 is 1.67 bits per heavy atom. The summed E-state index contributed by atoms with van der Waals surface area (Å²) in [6.07, 6.45) is 0. The van der Waals surface area contributed by atoms with Crippen molar-refractivity contribution < 1.29 is 81.7 Å². The van der Waals surface area contributed by atoms with Crippen LogP contribution < -0.4 is 56.8 Å². The molecule has 0 spiro atoms. The van der Waals surface area contributed by atoms with Crippen molar-refractivity contribution in [1.82, 2.24) is 0 Å². The molecule has 0 saturated heterocycles. The molecule has 0 radical (unpaired) electrons. The van der Waals surface area contributed by atoms with Crippen molar-refractivity contribution in [2.75, 3.05) is 0 Å². The summed E-state index contributed by atoms with van der Waals surface area (Å²) in [6.45, 7) is -5.49. The molecule has 18 heavy (non-hydrogen) atoms. The van der Waals surface area contributed by atoms with Gasteiger partial charge in [-0.25, -0.2) is 8.99 Å². The smallest absolute Gasteiger partial charge is 0.445 e. The van der Waals surface area contributed by atoms with Crippen LogP contribution >= 0.6 is 0 Å². The summed E-state index contributed by atoms with van der Waals surface area (Å²) in [7, 11) is -5.25. The zero-order chi connectivity index (χ0) is 13.5. The number of rotatable bonds is 2. The summed E-state index contributed by atoms with van der Waals surface area (Å²) in [6, 6.07) is 1.95. The molecule has 1 unspecified atom stereocenters. The van der Waals surface area contributed by atoms with Gasteiger partial charge in [0.1, 0.15) is 0 Å². The average molecular weight is 315 g/mol. The van der Waals surface area contributed by atoms with Gasteiger partial charge >= 0.3 is 63.9 Å². The van der Waals surface area contributed by atoms with E-state index in [0.717, 1.165) is 0 Å². The number of benzene rings is 1. The maximum absolute atomic E-state index is 12.3. The first-order chi connectivity index (χ1) is 7.46. The normalized spacial score (nSPS) is 15.7. The number of halogens is 6. The van der Waals surface area contributed by atoms with Gasteiger partial charge in [-0.2, -0.15) is 13.2 Å². The van der Waals surface area contributed by atoms with Gasteiger partial charge in [-0.1, -0.05) is 18.2 Å². The van der Waals surface area contributed by atoms with Crippen molar-refractivity contribution in [2.45, 2.75) is 10.4 Å². The van der Waals surface area contributed by atoms with Crippen molar-refractivity contribution in [3.8, 4) is 0 Å². The van der Waals surface area contributed by atoms with Gasteiger partial charge in [0, 0.05) is 0 Å².